The second kappa shape index (κ2) is 6.95. The predicted octanol–water partition coefficient (Wildman–Crippen LogP) is 1.73. The summed E-state index contributed by atoms with van der Waals surface area (Å²) in [5.41, 5.74) is 7.01. The number of hydrogen-bond acceptors (Lipinski definition) is 4. The summed E-state index contributed by atoms with van der Waals surface area (Å²) in [6.45, 7) is 7.47. The molecule has 4 heteroatoms. The first kappa shape index (κ1) is 15.2. The van der Waals surface area contributed by atoms with E-state index in [1.54, 1.807) is 6.07 Å². The van der Waals surface area contributed by atoms with E-state index in [2.05, 4.69) is 31.4 Å². The van der Waals surface area contributed by atoms with E-state index < -0.39 is 0 Å². The smallest absolute Gasteiger partial charge is 0.150 e. The third kappa shape index (κ3) is 5.57. The number of nitrogens with two attached hydrogens (primary N) is 1. The normalized spacial score (nSPS) is 12.1. The topological polar surface area (TPSA) is 67.2 Å². The molecule has 0 radical (unpaired) electrons. The minimum absolute atomic E-state index is 0.0659. The molecule has 0 bridgehead atoms. The van der Waals surface area contributed by atoms with Crippen molar-refractivity contribution in [3.8, 4) is 0 Å². The molecule has 0 unspecified atom stereocenters. The Labute approximate surface area is 115 Å². The van der Waals surface area contributed by atoms with Gasteiger partial charge in [-0.25, -0.2) is 0 Å². The van der Waals surface area contributed by atoms with Gasteiger partial charge in [0.15, 0.2) is 6.29 Å². The molecule has 0 spiro atoms. The fourth-order valence-electron chi connectivity index (χ4n) is 1.65. The van der Waals surface area contributed by atoms with E-state index in [-0.39, 0.29) is 5.54 Å². The van der Waals surface area contributed by atoms with Crippen molar-refractivity contribution in [3.63, 3.8) is 0 Å². The fourth-order valence-corrected chi connectivity index (χ4v) is 1.65. The molecule has 4 N–H and O–H groups in total. The minimum Gasteiger partial charge on any atom is -0.371 e. The lowest BCUT2D eigenvalue weighted by Crippen LogP contribution is -2.41. The third-order valence-electron chi connectivity index (χ3n) is 2.39. The summed E-state index contributed by atoms with van der Waals surface area (Å²) >= 11 is 0. The highest BCUT2D eigenvalue weighted by molar-refractivity contribution is 5.82. The monoisotopic (exact) mass is 261 g/mol. The molecule has 1 aromatic carbocycles. The van der Waals surface area contributed by atoms with Crippen LogP contribution in [0, 0.1) is 0 Å². The molecule has 0 atom stereocenters. The molecule has 19 heavy (non-hydrogen) atoms. The number of aldehydes is 1. The van der Waals surface area contributed by atoms with Crippen LogP contribution in [0.3, 0.4) is 0 Å². The number of benzene rings is 1. The van der Waals surface area contributed by atoms with E-state index in [4.69, 9.17) is 5.73 Å². The molecule has 0 aromatic heterocycles. The first-order valence-corrected chi connectivity index (χ1v) is 6.44. The molecule has 0 saturated carbocycles. The Morgan fingerprint density at radius 1 is 1.26 bits per heavy atom. The molecule has 0 fully saturated rings. The molecule has 0 amide bonds. The van der Waals surface area contributed by atoms with Crippen LogP contribution in [0.4, 0.5) is 0 Å². The van der Waals surface area contributed by atoms with Crippen LogP contribution in [0.15, 0.2) is 30.1 Å². The SMILES string of the molecule is CC(C)(C)NC(=Cc1ccccc1C=O)NCCN. The molecule has 4 nitrogen and oxygen atoms in total. The molecule has 0 aliphatic carbocycles. The van der Waals surface area contributed by atoms with Crippen LogP contribution in [0.2, 0.25) is 0 Å². The lowest BCUT2D eigenvalue weighted by atomic mass is 10.1. The Bertz CT molecular complexity index is 447. The largest absolute Gasteiger partial charge is 0.371 e. The van der Waals surface area contributed by atoms with Crippen molar-refractivity contribution in [2.75, 3.05) is 13.1 Å². The quantitative estimate of drug-likeness (QED) is 0.682. The zero-order valence-corrected chi connectivity index (χ0v) is 11.9. The number of carbonyl (C=O) groups is 1. The number of rotatable bonds is 6. The lowest BCUT2D eigenvalue weighted by molar-refractivity contribution is 0.112. The van der Waals surface area contributed by atoms with Crippen LogP contribution in [0.5, 0.6) is 0 Å². The van der Waals surface area contributed by atoms with Crippen LogP contribution >= 0.6 is 0 Å². The van der Waals surface area contributed by atoms with Gasteiger partial charge in [0.25, 0.3) is 0 Å². The zero-order valence-electron chi connectivity index (χ0n) is 11.9. The van der Waals surface area contributed by atoms with Gasteiger partial charge in [-0.05, 0) is 32.4 Å². The third-order valence-corrected chi connectivity index (χ3v) is 2.39. The first-order chi connectivity index (χ1) is 8.96. The minimum atomic E-state index is -0.0659. The van der Waals surface area contributed by atoms with Crippen molar-refractivity contribution in [1.82, 2.24) is 10.6 Å². The summed E-state index contributed by atoms with van der Waals surface area (Å²) in [4.78, 5) is 11.0. The van der Waals surface area contributed by atoms with E-state index >= 15 is 0 Å². The van der Waals surface area contributed by atoms with E-state index in [0.717, 1.165) is 17.7 Å². The molecule has 1 aromatic rings. The maximum atomic E-state index is 11.0. The van der Waals surface area contributed by atoms with Gasteiger partial charge in [0.05, 0.1) is 5.82 Å². The van der Waals surface area contributed by atoms with Crippen LogP contribution in [-0.2, 0) is 0 Å². The van der Waals surface area contributed by atoms with Crippen LogP contribution in [0.1, 0.15) is 36.7 Å². The van der Waals surface area contributed by atoms with Crippen LogP contribution in [-0.4, -0.2) is 24.9 Å². The summed E-state index contributed by atoms with van der Waals surface area (Å²) in [5, 5.41) is 6.60. The first-order valence-electron chi connectivity index (χ1n) is 6.44. The second-order valence-corrected chi connectivity index (χ2v) is 5.40. The van der Waals surface area contributed by atoms with E-state index in [9.17, 15) is 4.79 Å². The Hall–Kier alpha value is -1.81. The maximum absolute atomic E-state index is 11.0. The summed E-state index contributed by atoms with van der Waals surface area (Å²) in [7, 11) is 0. The predicted molar refractivity (Wildman–Crippen MR) is 79.8 cm³/mol. The molecule has 1 rings (SSSR count). The molecule has 104 valence electrons. The van der Waals surface area contributed by atoms with Crippen molar-refractivity contribution >= 4 is 12.4 Å². The fraction of sp³-hybridized carbons (Fsp3) is 0.400. The van der Waals surface area contributed by atoms with E-state index in [1.807, 2.05) is 24.3 Å². The standard InChI is InChI=1S/C15H23N3O/c1-15(2,3)18-14(17-9-8-16)10-12-6-4-5-7-13(12)11-19/h4-7,10-11,17-18H,8-9,16H2,1-3H3. The van der Waals surface area contributed by atoms with Gasteiger partial charge in [-0.1, -0.05) is 24.3 Å². The Kier molecular flexibility index (Phi) is 5.57. The lowest BCUT2D eigenvalue weighted by Gasteiger charge is -2.25. The molecular weight excluding hydrogens is 238 g/mol. The molecular formula is C15H23N3O. The Morgan fingerprint density at radius 3 is 2.42 bits per heavy atom. The van der Waals surface area contributed by atoms with Crippen LogP contribution in [0.25, 0.3) is 6.08 Å². The summed E-state index contributed by atoms with van der Waals surface area (Å²) < 4.78 is 0. The average molecular weight is 261 g/mol. The van der Waals surface area contributed by atoms with Gasteiger partial charge in [0, 0.05) is 24.2 Å². The number of nitrogens with one attached hydrogen (secondary N) is 2. The molecule has 0 heterocycles. The Balaban J connectivity index is 3.00. The molecule has 0 aliphatic heterocycles. The molecule has 0 saturated heterocycles. The zero-order chi connectivity index (χ0) is 14.3. The highest BCUT2D eigenvalue weighted by Crippen LogP contribution is 2.11. The maximum Gasteiger partial charge on any atom is 0.150 e. The van der Waals surface area contributed by atoms with E-state index in [1.165, 1.54) is 0 Å². The average Bonchev–Trinajstić information content (AvgIpc) is 2.35. The highest BCUT2D eigenvalue weighted by atomic mass is 16.1. The number of hydrogen-bond donors (Lipinski definition) is 3. The summed E-state index contributed by atoms with van der Waals surface area (Å²) in [6, 6.07) is 7.48. The van der Waals surface area contributed by atoms with Gasteiger partial charge in [0.2, 0.25) is 0 Å². The Morgan fingerprint density at radius 2 is 1.89 bits per heavy atom. The van der Waals surface area contributed by atoms with Crippen LogP contribution < -0.4 is 16.4 Å². The highest BCUT2D eigenvalue weighted by Gasteiger charge is 2.11. The van der Waals surface area contributed by atoms with E-state index in [0.29, 0.717) is 18.7 Å². The van der Waals surface area contributed by atoms with Crippen molar-refractivity contribution in [3.05, 3.63) is 41.2 Å². The van der Waals surface area contributed by atoms with Crippen molar-refractivity contribution in [2.45, 2.75) is 26.3 Å². The van der Waals surface area contributed by atoms with Gasteiger partial charge in [-0.15, -0.1) is 0 Å². The van der Waals surface area contributed by atoms with Crippen molar-refractivity contribution < 1.29 is 4.79 Å². The second-order valence-electron chi connectivity index (χ2n) is 5.40. The van der Waals surface area contributed by atoms with Crippen molar-refractivity contribution in [1.29, 1.82) is 0 Å². The van der Waals surface area contributed by atoms with Crippen molar-refractivity contribution in [2.24, 2.45) is 5.73 Å². The molecule has 0 aliphatic rings. The van der Waals surface area contributed by atoms with Gasteiger partial charge in [0.1, 0.15) is 0 Å². The van der Waals surface area contributed by atoms with Gasteiger partial charge < -0.3 is 16.4 Å². The van der Waals surface area contributed by atoms with Gasteiger partial charge in [-0.2, -0.15) is 0 Å². The summed E-state index contributed by atoms with van der Waals surface area (Å²) in [5.74, 6) is 0.868. The summed E-state index contributed by atoms with van der Waals surface area (Å²) in [6.07, 6.45) is 2.80. The number of carbonyl (C=O) groups excluding carboxylic acids is 1. The van der Waals surface area contributed by atoms with Gasteiger partial charge in [-0.3, -0.25) is 4.79 Å². The van der Waals surface area contributed by atoms with Gasteiger partial charge >= 0.3 is 0 Å².